The molecule has 0 radical (unpaired) electrons. The molecule has 0 aliphatic rings. The molecule has 0 aliphatic heterocycles. The molecule has 2 aromatic carbocycles. The van der Waals surface area contributed by atoms with E-state index in [2.05, 4.69) is 10.1 Å². The van der Waals surface area contributed by atoms with Gasteiger partial charge < -0.3 is 14.8 Å². The van der Waals surface area contributed by atoms with E-state index >= 15 is 0 Å². The SMILES string of the molecule is COC(=O)c1ccc(C(=O)OCC(=O)NC(c2ccccc2)c2cccs2)cc1. The average molecular weight is 409 g/mol. The molecule has 0 bridgehead atoms. The molecule has 0 saturated carbocycles. The quantitative estimate of drug-likeness (QED) is 0.603. The van der Waals surface area contributed by atoms with Gasteiger partial charge in [0.05, 0.1) is 24.3 Å². The Hall–Kier alpha value is -3.45. The van der Waals surface area contributed by atoms with Crippen molar-refractivity contribution in [2.75, 3.05) is 13.7 Å². The zero-order chi connectivity index (χ0) is 20.6. The van der Waals surface area contributed by atoms with Crippen molar-refractivity contribution < 1.29 is 23.9 Å². The van der Waals surface area contributed by atoms with Crippen molar-refractivity contribution in [1.82, 2.24) is 5.32 Å². The van der Waals surface area contributed by atoms with Crippen LogP contribution in [0.2, 0.25) is 0 Å². The van der Waals surface area contributed by atoms with Crippen molar-refractivity contribution in [3.05, 3.63) is 93.7 Å². The molecular weight excluding hydrogens is 390 g/mol. The van der Waals surface area contributed by atoms with Gasteiger partial charge in [-0.2, -0.15) is 0 Å². The van der Waals surface area contributed by atoms with Gasteiger partial charge in [0.15, 0.2) is 6.61 Å². The number of thiophene rings is 1. The minimum absolute atomic E-state index is 0.239. The molecule has 0 fully saturated rings. The van der Waals surface area contributed by atoms with Gasteiger partial charge in [0.25, 0.3) is 5.91 Å². The van der Waals surface area contributed by atoms with Gasteiger partial charge in [-0.05, 0) is 41.3 Å². The largest absolute Gasteiger partial charge is 0.465 e. The highest BCUT2D eigenvalue weighted by atomic mass is 32.1. The molecule has 3 rings (SSSR count). The number of hydrogen-bond donors (Lipinski definition) is 1. The number of benzene rings is 2. The molecule has 3 aromatic rings. The molecule has 0 spiro atoms. The zero-order valence-corrected chi connectivity index (χ0v) is 16.5. The first-order valence-electron chi connectivity index (χ1n) is 8.81. The van der Waals surface area contributed by atoms with Crippen LogP contribution >= 0.6 is 11.3 Å². The normalized spacial score (nSPS) is 11.3. The van der Waals surface area contributed by atoms with Crippen LogP contribution < -0.4 is 5.32 Å². The monoisotopic (exact) mass is 409 g/mol. The number of hydrogen-bond acceptors (Lipinski definition) is 6. The van der Waals surface area contributed by atoms with Crippen LogP contribution in [0.25, 0.3) is 0 Å². The molecule has 1 atom stereocenters. The maximum atomic E-state index is 12.4. The number of amides is 1. The van der Waals surface area contributed by atoms with Crippen molar-refractivity contribution >= 4 is 29.2 Å². The number of nitrogens with one attached hydrogen (secondary N) is 1. The lowest BCUT2D eigenvalue weighted by Gasteiger charge is -2.18. The smallest absolute Gasteiger partial charge is 0.338 e. The summed E-state index contributed by atoms with van der Waals surface area (Å²) >= 11 is 1.53. The Balaban J connectivity index is 1.60. The van der Waals surface area contributed by atoms with Gasteiger partial charge in [-0.1, -0.05) is 36.4 Å². The second kappa shape index (κ2) is 9.66. The lowest BCUT2D eigenvalue weighted by Crippen LogP contribution is -2.32. The molecule has 1 aromatic heterocycles. The van der Waals surface area contributed by atoms with Crippen LogP contribution in [0.1, 0.15) is 37.2 Å². The van der Waals surface area contributed by atoms with E-state index in [9.17, 15) is 14.4 Å². The van der Waals surface area contributed by atoms with E-state index in [0.717, 1.165) is 10.4 Å². The number of ether oxygens (including phenoxy) is 2. The Morgan fingerprint density at radius 1 is 0.897 bits per heavy atom. The lowest BCUT2D eigenvalue weighted by atomic mass is 10.1. The van der Waals surface area contributed by atoms with Crippen LogP contribution in [-0.4, -0.2) is 31.6 Å². The van der Waals surface area contributed by atoms with Crippen LogP contribution in [0.4, 0.5) is 0 Å². The zero-order valence-electron chi connectivity index (χ0n) is 15.7. The third-order valence-corrected chi connectivity index (χ3v) is 5.08. The number of carbonyl (C=O) groups is 3. The van der Waals surface area contributed by atoms with E-state index in [1.54, 1.807) is 0 Å². The predicted molar refractivity (Wildman–Crippen MR) is 109 cm³/mol. The first kappa shape index (κ1) is 20.3. The van der Waals surface area contributed by atoms with Gasteiger partial charge in [0.1, 0.15) is 0 Å². The standard InChI is InChI=1S/C22H19NO5S/c1-27-21(25)16-9-11-17(12-10-16)22(26)28-14-19(24)23-20(18-8-5-13-29-18)15-6-3-2-4-7-15/h2-13,20H,14H2,1H3,(H,23,24). The maximum absolute atomic E-state index is 12.4. The molecule has 6 nitrogen and oxygen atoms in total. The summed E-state index contributed by atoms with van der Waals surface area (Å²) in [5.74, 6) is -1.56. The van der Waals surface area contributed by atoms with Crippen molar-refractivity contribution in [3.8, 4) is 0 Å². The summed E-state index contributed by atoms with van der Waals surface area (Å²) in [5, 5.41) is 4.85. The Morgan fingerprint density at radius 2 is 1.55 bits per heavy atom. The number of esters is 2. The van der Waals surface area contributed by atoms with E-state index in [1.165, 1.54) is 42.7 Å². The summed E-state index contributed by atoms with van der Waals surface area (Å²) in [4.78, 5) is 37.0. The highest BCUT2D eigenvalue weighted by Gasteiger charge is 2.19. The summed E-state index contributed by atoms with van der Waals surface area (Å²) in [5.41, 5.74) is 1.50. The van der Waals surface area contributed by atoms with Gasteiger partial charge in [-0.15, -0.1) is 11.3 Å². The van der Waals surface area contributed by atoms with Gasteiger partial charge >= 0.3 is 11.9 Å². The average Bonchev–Trinajstić information content (AvgIpc) is 3.30. The van der Waals surface area contributed by atoms with Crippen LogP contribution in [0.15, 0.2) is 72.1 Å². The molecule has 1 amide bonds. The number of carbonyl (C=O) groups excluding carboxylic acids is 3. The van der Waals surface area contributed by atoms with Gasteiger partial charge in [-0.3, -0.25) is 4.79 Å². The molecule has 148 valence electrons. The summed E-state index contributed by atoms with van der Waals surface area (Å²) in [6, 6.07) is 18.9. The summed E-state index contributed by atoms with van der Waals surface area (Å²) in [6.45, 7) is -0.410. The van der Waals surface area contributed by atoms with Crippen LogP contribution in [-0.2, 0) is 14.3 Å². The van der Waals surface area contributed by atoms with Crippen LogP contribution in [0.5, 0.6) is 0 Å². The van der Waals surface area contributed by atoms with Gasteiger partial charge in [-0.25, -0.2) is 9.59 Å². The molecule has 7 heteroatoms. The molecule has 1 N–H and O–H groups in total. The molecule has 1 unspecified atom stereocenters. The minimum Gasteiger partial charge on any atom is -0.465 e. The third-order valence-electron chi connectivity index (χ3n) is 4.14. The maximum Gasteiger partial charge on any atom is 0.338 e. The van der Waals surface area contributed by atoms with Gasteiger partial charge in [0.2, 0.25) is 0 Å². The van der Waals surface area contributed by atoms with Crippen molar-refractivity contribution in [3.63, 3.8) is 0 Å². The fourth-order valence-electron chi connectivity index (χ4n) is 2.70. The fourth-order valence-corrected chi connectivity index (χ4v) is 3.50. The highest BCUT2D eigenvalue weighted by Crippen LogP contribution is 2.25. The van der Waals surface area contributed by atoms with Crippen LogP contribution in [0.3, 0.4) is 0 Å². The summed E-state index contributed by atoms with van der Waals surface area (Å²) in [6.07, 6.45) is 0. The Bertz CT molecular complexity index is 968. The molecule has 1 heterocycles. The predicted octanol–water partition coefficient (Wildman–Crippen LogP) is 3.60. The van der Waals surface area contributed by atoms with Crippen LogP contribution in [0, 0.1) is 0 Å². The van der Waals surface area contributed by atoms with E-state index in [0.29, 0.717) is 5.56 Å². The van der Waals surface area contributed by atoms with E-state index in [4.69, 9.17) is 4.74 Å². The van der Waals surface area contributed by atoms with Crippen molar-refractivity contribution in [2.24, 2.45) is 0 Å². The topological polar surface area (TPSA) is 81.7 Å². The van der Waals surface area contributed by atoms with Crippen molar-refractivity contribution in [1.29, 1.82) is 0 Å². The van der Waals surface area contributed by atoms with Gasteiger partial charge in [0, 0.05) is 4.88 Å². The molecular formula is C22H19NO5S. The first-order valence-corrected chi connectivity index (χ1v) is 9.69. The lowest BCUT2D eigenvalue weighted by molar-refractivity contribution is -0.124. The second-order valence-electron chi connectivity index (χ2n) is 6.07. The Morgan fingerprint density at radius 3 is 2.14 bits per heavy atom. The van der Waals surface area contributed by atoms with Crippen molar-refractivity contribution in [2.45, 2.75) is 6.04 Å². The summed E-state index contributed by atoms with van der Waals surface area (Å²) < 4.78 is 9.72. The number of methoxy groups -OCH3 is 1. The Labute approximate surface area is 172 Å². The molecule has 29 heavy (non-hydrogen) atoms. The highest BCUT2D eigenvalue weighted by molar-refractivity contribution is 7.10. The third kappa shape index (κ3) is 5.30. The minimum atomic E-state index is -0.649. The van der Waals surface area contributed by atoms with E-state index < -0.39 is 24.5 Å². The Kier molecular flexibility index (Phi) is 6.76. The molecule has 0 aliphatic carbocycles. The van der Waals surface area contributed by atoms with E-state index in [1.807, 2.05) is 47.8 Å². The number of rotatable bonds is 7. The molecule has 0 saturated heterocycles. The second-order valence-corrected chi connectivity index (χ2v) is 7.05. The fraction of sp³-hybridized carbons (Fsp3) is 0.136. The first-order chi connectivity index (χ1) is 14.1. The summed E-state index contributed by atoms with van der Waals surface area (Å²) in [7, 11) is 1.28. The van der Waals surface area contributed by atoms with E-state index in [-0.39, 0.29) is 11.6 Å².